The van der Waals surface area contributed by atoms with Crippen molar-refractivity contribution in [3.63, 3.8) is 0 Å². The third kappa shape index (κ3) is 0.958. The van der Waals surface area contributed by atoms with Gasteiger partial charge in [0.2, 0.25) is 0 Å². The third-order valence-electron chi connectivity index (χ3n) is 2.48. The Morgan fingerprint density at radius 3 is 2.40 bits per heavy atom. The summed E-state index contributed by atoms with van der Waals surface area (Å²) in [5, 5.41) is 0. The summed E-state index contributed by atoms with van der Waals surface area (Å²) in [5.41, 5.74) is 4.87. The normalized spacial score (nSPS) is 37.2. The predicted molar refractivity (Wildman–Crippen MR) is 35.3 cm³/mol. The van der Waals surface area contributed by atoms with Crippen molar-refractivity contribution in [1.29, 1.82) is 0 Å². The zero-order chi connectivity index (χ0) is 7.14. The average molecular weight is 141 g/mol. The van der Waals surface area contributed by atoms with E-state index in [1.165, 1.54) is 6.42 Å². The summed E-state index contributed by atoms with van der Waals surface area (Å²) in [6, 6.07) is 0. The molecular weight excluding hydrogens is 130 g/mol. The number of fused-ring (bicyclic) bond motifs is 1. The fourth-order valence-electron chi connectivity index (χ4n) is 1.92. The molecule has 0 bridgehead atoms. The standard InChI is InChI=1S/C7H11NO2/c8-7(9)10-6-2-4-1-5(4)3-6/h4-6H,1-3H2,(H2,8,9)/t4-,5-/m0/s1. The first-order valence-electron chi connectivity index (χ1n) is 3.72. The molecule has 0 saturated heterocycles. The summed E-state index contributed by atoms with van der Waals surface area (Å²) in [4.78, 5) is 10.3. The first-order valence-corrected chi connectivity index (χ1v) is 3.72. The second-order valence-corrected chi connectivity index (χ2v) is 3.29. The van der Waals surface area contributed by atoms with E-state index in [0.717, 1.165) is 24.7 Å². The predicted octanol–water partition coefficient (Wildman–Crippen LogP) is 0.880. The molecule has 0 aliphatic heterocycles. The smallest absolute Gasteiger partial charge is 0.404 e. The molecule has 0 heterocycles. The minimum atomic E-state index is -0.619. The molecule has 0 unspecified atom stereocenters. The molecule has 0 spiro atoms. The Morgan fingerprint density at radius 2 is 1.90 bits per heavy atom. The summed E-state index contributed by atoms with van der Waals surface area (Å²) in [6.07, 6.45) is 2.97. The minimum Gasteiger partial charge on any atom is -0.446 e. The van der Waals surface area contributed by atoms with Crippen LogP contribution in [0.15, 0.2) is 0 Å². The van der Waals surface area contributed by atoms with Gasteiger partial charge in [0.15, 0.2) is 0 Å². The van der Waals surface area contributed by atoms with Crippen LogP contribution < -0.4 is 5.73 Å². The molecule has 2 N–H and O–H groups in total. The highest BCUT2D eigenvalue weighted by Crippen LogP contribution is 2.52. The van der Waals surface area contributed by atoms with Gasteiger partial charge in [-0.2, -0.15) is 0 Å². The summed E-state index contributed by atoms with van der Waals surface area (Å²) < 4.78 is 4.85. The number of carbonyl (C=O) groups excluding carboxylic acids is 1. The number of carbonyl (C=O) groups is 1. The Hall–Kier alpha value is -0.730. The van der Waals surface area contributed by atoms with Crippen molar-refractivity contribution in [3.05, 3.63) is 0 Å². The van der Waals surface area contributed by atoms with E-state index < -0.39 is 6.09 Å². The third-order valence-corrected chi connectivity index (χ3v) is 2.48. The van der Waals surface area contributed by atoms with Crippen LogP contribution in [-0.2, 0) is 4.74 Å². The number of hydrogen-bond donors (Lipinski definition) is 1. The minimum absolute atomic E-state index is 0.140. The fourth-order valence-corrected chi connectivity index (χ4v) is 1.92. The lowest BCUT2D eigenvalue weighted by Gasteiger charge is -2.09. The highest BCUT2D eigenvalue weighted by Gasteiger charge is 2.47. The van der Waals surface area contributed by atoms with Crippen LogP contribution in [-0.4, -0.2) is 12.2 Å². The summed E-state index contributed by atoms with van der Waals surface area (Å²) in [6.45, 7) is 0. The van der Waals surface area contributed by atoms with Crippen molar-refractivity contribution in [3.8, 4) is 0 Å². The molecule has 0 aromatic heterocycles. The molecule has 2 aliphatic carbocycles. The molecule has 56 valence electrons. The monoisotopic (exact) mass is 141 g/mol. The van der Waals surface area contributed by atoms with Crippen LogP contribution in [0.4, 0.5) is 4.79 Å². The molecule has 2 fully saturated rings. The van der Waals surface area contributed by atoms with Crippen molar-refractivity contribution in [2.45, 2.75) is 25.4 Å². The quantitative estimate of drug-likeness (QED) is 0.589. The summed E-state index contributed by atoms with van der Waals surface area (Å²) in [7, 11) is 0. The maximum Gasteiger partial charge on any atom is 0.404 e. The van der Waals surface area contributed by atoms with Gasteiger partial charge >= 0.3 is 6.09 Å². The first-order chi connectivity index (χ1) is 4.75. The van der Waals surface area contributed by atoms with Gasteiger partial charge < -0.3 is 10.5 Å². The zero-order valence-corrected chi connectivity index (χ0v) is 5.75. The van der Waals surface area contributed by atoms with Gasteiger partial charge in [0.1, 0.15) is 6.10 Å². The first kappa shape index (κ1) is 6.01. The van der Waals surface area contributed by atoms with Crippen LogP contribution in [0.25, 0.3) is 0 Å². The van der Waals surface area contributed by atoms with Crippen LogP contribution in [0.2, 0.25) is 0 Å². The lowest BCUT2D eigenvalue weighted by Crippen LogP contribution is -2.21. The molecule has 2 aliphatic rings. The van der Waals surface area contributed by atoms with E-state index in [0.29, 0.717) is 0 Å². The van der Waals surface area contributed by atoms with Gasteiger partial charge in [-0.05, 0) is 31.1 Å². The van der Waals surface area contributed by atoms with Crippen LogP contribution in [0, 0.1) is 11.8 Å². The highest BCUT2D eigenvalue weighted by atomic mass is 16.6. The van der Waals surface area contributed by atoms with E-state index in [1.807, 2.05) is 0 Å². The van der Waals surface area contributed by atoms with Gasteiger partial charge in [-0.15, -0.1) is 0 Å². The maximum atomic E-state index is 10.3. The van der Waals surface area contributed by atoms with Crippen LogP contribution >= 0.6 is 0 Å². The zero-order valence-electron chi connectivity index (χ0n) is 5.75. The molecule has 2 saturated carbocycles. The van der Waals surface area contributed by atoms with E-state index >= 15 is 0 Å². The molecule has 10 heavy (non-hydrogen) atoms. The molecule has 2 atom stereocenters. The van der Waals surface area contributed by atoms with Gasteiger partial charge in [0.25, 0.3) is 0 Å². The lowest BCUT2D eigenvalue weighted by atomic mass is 10.2. The Labute approximate surface area is 59.5 Å². The van der Waals surface area contributed by atoms with Crippen molar-refractivity contribution >= 4 is 6.09 Å². The second kappa shape index (κ2) is 1.87. The van der Waals surface area contributed by atoms with Crippen LogP contribution in [0.3, 0.4) is 0 Å². The second-order valence-electron chi connectivity index (χ2n) is 3.29. The number of hydrogen-bond acceptors (Lipinski definition) is 2. The lowest BCUT2D eigenvalue weighted by molar-refractivity contribution is 0.103. The van der Waals surface area contributed by atoms with E-state index in [-0.39, 0.29) is 6.10 Å². The Balaban J connectivity index is 1.80. The Bertz CT molecular complexity index is 159. The van der Waals surface area contributed by atoms with Gasteiger partial charge in [-0.25, -0.2) is 4.79 Å². The molecular formula is C7H11NO2. The molecule has 0 radical (unpaired) electrons. The molecule has 3 nitrogen and oxygen atoms in total. The Morgan fingerprint density at radius 1 is 1.30 bits per heavy atom. The van der Waals surface area contributed by atoms with Crippen molar-refractivity contribution in [2.75, 3.05) is 0 Å². The molecule has 1 amide bonds. The van der Waals surface area contributed by atoms with E-state index in [1.54, 1.807) is 0 Å². The summed E-state index contributed by atoms with van der Waals surface area (Å²) in [5.74, 6) is 1.70. The van der Waals surface area contributed by atoms with Crippen molar-refractivity contribution < 1.29 is 9.53 Å². The number of amides is 1. The molecule has 0 aromatic carbocycles. The summed E-state index contributed by atoms with van der Waals surface area (Å²) >= 11 is 0. The van der Waals surface area contributed by atoms with Crippen LogP contribution in [0.5, 0.6) is 0 Å². The number of nitrogens with two attached hydrogens (primary N) is 1. The SMILES string of the molecule is NC(=O)OC1C[C@@H]2C[C@H]2C1. The van der Waals surface area contributed by atoms with Crippen molar-refractivity contribution in [1.82, 2.24) is 0 Å². The van der Waals surface area contributed by atoms with E-state index in [9.17, 15) is 4.79 Å². The topological polar surface area (TPSA) is 52.3 Å². The van der Waals surface area contributed by atoms with Gasteiger partial charge in [-0.3, -0.25) is 0 Å². The van der Waals surface area contributed by atoms with E-state index in [2.05, 4.69) is 0 Å². The highest BCUT2D eigenvalue weighted by molar-refractivity contribution is 5.64. The largest absolute Gasteiger partial charge is 0.446 e. The number of ether oxygens (including phenoxy) is 1. The maximum absolute atomic E-state index is 10.3. The number of primary amides is 1. The molecule has 0 aromatic rings. The average Bonchev–Trinajstić information content (AvgIpc) is 2.39. The van der Waals surface area contributed by atoms with Gasteiger partial charge in [0.05, 0.1) is 0 Å². The van der Waals surface area contributed by atoms with Crippen LogP contribution in [0.1, 0.15) is 19.3 Å². The van der Waals surface area contributed by atoms with Gasteiger partial charge in [-0.1, -0.05) is 0 Å². The molecule has 2 rings (SSSR count). The van der Waals surface area contributed by atoms with Gasteiger partial charge in [0, 0.05) is 0 Å². The van der Waals surface area contributed by atoms with E-state index in [4.69, 9.17) is 10.5 Å². The Kier molecular flexibility index (Phi) is 1.13. The number of rotatable bonds is 1. The fraction of sp³-hybridized carbons (Fsp3) is 0.857. The van der Waals surface area contributed by atoms with Crippen molar-refractivity contribution in [2.24, 2.45) is 17.6 Å². The molecule has 3 heteroatoms.